The smallest absolute Gasteiger partial charge is 0.0594 e. The number of aliphatic hydroxyl groups excluding tert-OH is 1. The summed E-state index contributed by atoms with van der Waals surface area (Å²) in [7, 11) is 0. The molecule has 4 aliphatic rings. The maximum absolute atomic E-state index is 10.8. The van der Waals surface area contributed by atoms with Crippen molar-refractivity contribution in [2.45, 2.75) is 126 Å². The lowest BCUT2D eigenvalue weighted by molar-refractivity contribution is -0.118. The molecule has 0 aromatic carbocycles. The number of allylic oxidation sites excluding steroid dienone is 2. The van der Waals surface area contributed by atoms with Gasteiger partial charge in [0.2, 0.25) is 0 Å². The predicted octanol–water partition coefficient (Wildman–Crippen LogP) is 8.41. The standard InChI is InChI=1S/C30H52O/c1-20(2)10-9-11-21(3)22-14-18-30(8)24-12-13-25-27(4,5)26(31)16-17-28(25,6)23(24)15-19-29(22,30)7/h15,20-22,24-26,31H,9-14,16-19H2,1-8H3. The van der Waals surface area contributed by atoms with E-state index in [0.29, 0.717) is 22.2 Å². The summed E-state index contributed by atoms with van der Waals surface area (Å²) in [6.07, 6.45) is 15.8. The first-order valence-corrected chi connectivity index (χ1v) is 13.8. The zero-order valence-electron chi connectivity index (χ0n) is 22.1. The highest BCUT2D eigenvalue weighted by Crippen LogP contribution is 2.73. The predicted molar refractivity (Wildman–Crippen MR) is 133 cm³/mol. The third kappa shape index (κ3) is 3.41. The SMILES string of the molecule is CC(C)CCCC(C)C1CCC2(C)C3CCC4C(C)(CCC(O)C4(C)C)C3=CCC12C. The van der Waals surface area contributed by atoms with Gasteiger partial charge >= 0.3 is 0 Å². The van der Waals surface area contributed by atoms with Crippen molar-refractivity contribution < 1.29 is 5.11 Å². The molecule has 4 aliphatic carbocycles. The van der Waals surface area contributed by atoms with E-state index in [1.165, 1.54) is 57.8 Å². The first kappa shape index (κ1) is 23.8. The summed E-state index contributed by atoms with van der Waals surface area (Å²) < 4.78 is 0. The quantitative estimate of drug-likeness (QED) is 0.436. The Morgan fingerprint density at radius 3 is 2.29 bits per heavy atom. The van der Waals surface area contributed by atoms with Crippen LogP contribution in [0, 0.1) is 51.2 Å². The van der Waals surface area contributed by atoms with E-state index >= 15 is 0 Å². The van der Waals surface area contributed by atoms with Gasteiger partial charge in [0.1, 0.15) is 0 Å². The van der Waals surface area contributed by atoms with Crippen LogP contribution >= 0.6 is 0 Å². The van der Waals surface area contributed by atoms with Crippen LogP contribution in [0.3, 0.4) is 0 Å². The summed E-state index contributed by atoms with van der Waals surface area (Å²) in [5.41, 5.74) is 3.09. The Bertz CT molecular complexity index is 703. The van der Waals surface area contributed by atoms with Gasteiger partial charge in [-0.1, -0.05) is 86.3 Å². The van der Waals surface area contributed by atoms with Crippen LogP contribution < -0.4 is 0 Å². The summed E-state index contributed by atoms with van der Waals surface area (Å²) in [5, 5.41) is 10.8. The lowest BCUT2D eigenvalue weighted by atomic mass is 9.41. The molecule has 0 heterocycles. The van der Waals surface area contributed by atoms with Crippen molar-refractivity contribution in [2.24, 2.45) is 51.2 Å². The molecule has 3 saturated carbocycles. The Morgan fingerprint density at radius 1 is 0.903 bits per heavy atom. The van der Waals surface area contributed by atoms with Crippen LogP contribution in [-0.2, 0) is 0 Å². The third-order valence-corrected chi connectivity index (χ3v) is 12.0. The fourth-order valence-corrected chi connectivity index (χ4v) is 9.72. The van der Waals surface area contributed by atoms with Crippen LogP contribution in [-0.4, -0.2) is 11.2 Å². The molecule has 8 atom stereocenters. The average molecular weight is 429 g/mol. The van der Waals surface area contributed by atoms with Crippen LogP contribution in [0.1, 0.15) is 120 Å². The maximum atomic E-state index is 10.8. The summed E-state index contributed by atoms with van der Waals surface area (Å²) >= 11 is 0. The molecule has 1 heteroatoms. The Morgan fingerprint density at radius 2 is 1.61 bits per heavy atom. The van der Waals surface area contributed by atoms with Crippen molar-refractivity contribution in [3.63, 3.8) is 0 Å². The van der Waals surface area contributed by atoms with Gasteiger partial charge in [0.05, 0.1) is 6.10 Å². The molecule has 178 valence electrons. The fraction of sp³-hybridized carbons (Fsp3) is 0.933. The molecule has 0 saturated heterocycles. The highest BCUT2D eigenvalue weighted by molar-refractivity contribution is 5.32. The number of hydrogen-bond donors (Lipinski definition) is 1. The molecule has 0 aromatic rings. The first-order chi connectivity index (χ1) is 14.4. The monoisotopic (exact) mass is 428 g/mol. The van der Waals surface area contributed by atoms with Crippen molar-refractivity contribution in [1.29, 1.82) is 0 Å². The van der Waals surface area contributed by atoms with Gasteiger partial charge in [-0.05, 0) is 96.2 Å². The van der Waals surface area contributed by atoms with Gasteiger partial charge in [0.15, 0.2) is 0 Å². The molecule has 1 nitrogen and oxygen atoms in total. The third-order valence-electron chi connectivity index (χ3n) is 12.0. The molecule has 0 amide bonds. The second-order valence-electron chi connectivity index (χ2n) is 14.1. The van der Waals surface area contributed by atoms with Crippen molar-refractivity contribution in [1.82, 2.24) is 0 Å². The Labute approximate surface area is 193 Å². The molecule has 4 rings (SSSR count). The number of aliphatic hydroxyl groups is 1. The van der Waals surface area contributed by atoms with Crippen molar-refractivity contribution in [2.75, 3.05) is 0 Å². The minimum atomic E-state index is -0.130. The Kier molecular flexibility index (Phi) is 6.07. The summed E-state index contributed by atoms with van der Waals surface area (Å²) in [6.45, 7) is 20.0. The lowest BCUT2D eigenvalue weighted by Gasteiger charge is -2.64. The molecule has 0 aliphatic heterocycles. The zero-order valence-corrected chi connectivity index (χ0v) is 22.1. The van der Waals surface area contributed by atoms with Gasteiger partial charge in [0, 0.05) is 0 Å². The number of fused-ring (bicyclic) bond motifs is 5. The summed E-state index contributed by atoms with van der Waals surface area (Å²) in [6, 6.07) is 0. The Balaban J connectivity index is 1.61. The maximum Gasteiger partial charge on any atom is 0.0594 e. The van der Waals surface area contributed by atoms with Crippen molar-refractivity contribution >= 4 is 0 Å². The molecule has 0 spiro atoms. The van der Waals surface area contributed by atoms with E-state index in [4.69, 9.17) is 0 Å². The fourth-order valence-electron chi connectivity index (χ4n) is 9.72. The molecular formula is C30H52O. The van der Waals surface area contributed by atoms with Crippen LogP contribution in [0.4, 0.5) is 0 Å². The second kappa shape index (κ2) is 7.89. The summed E-state index contributed by atoms with van der Waals surface area (Å²) in [4.78, 5) is 0. The first-order valence-electron chi connectivity index (χ1n) is 13.8. The lowest BCUT2D eigenvalue weighted by Crippen LogP contribution is -2.57. The van der Waals surface area contributed by atoms with E-state index < -0.39 is 0 Å². The second-order valence-corrected chi connectivity index (χ2v) is 14.1. The molecule has 1 N–H and O–H groups in total. The molecule has 0 radical (unpaired) electrons. The molecule has 0 aromatic heterocycles. The molecule has 0 bridgehead atoms. The van der Waals surface area contributed by atoms with E-state index in [2.05, 4.69) is 61.5 Å². The molecular weight excluding hydrogens is 376 g/mol. The number of hydrogen-bond acceptors (Lipinski definition) is 1. The van der Waals surface area contributed by atoms with Gasteiger partial charge in [0.25, 0.3) is 0 Å². The van der Waals surface area contributed by atoms with E-state index in [-0.39, 0.29) is 11.5 Å². The minimum absolute atomic E-state index is 0.0452. The molecule has 8 unspecified atom stereocenters. The normalized spacial score (nSPS) is 47.4. The molecule has 31 heavy (non-hydrogen) atoms. The average Bonchev–Trinajstić information content (AvgIpc) is 2.96. The minimum Gasteiger partial charge on any atom is -0.393 e. The highest BCUT2D eigenvalue weighted by atomic mass is 16.3. The highest BCUT2D eigenvalue weighted by Gasteiger charge is 2.65. The van der Waals surface area contributed by atoms with Crippen LogP contribution in [0.25, 0.3) is 0 Å². The topological polar surface area (TPSA) is 20.2 Å². The van der Waals surface area contributed by atoms with Gasteiger partial charge in [-0.2, -0.15) is 0 Å². The van der Waals surface area contributed by atoms with Crippen molar-refractivity contribution in [3.8, 4) is 0 Å². The van der Waals surface area contributed by atoms with Crippen molar-refractivity contribution in [3.05, 3.63) is 11.6 Å². The van der Waals surface area contributed by atoms with Crippen LogP contribution in [0.2, 0.25) is 0 Å². The van der Waals surface area contributed by atoms with Gasteiger partial charge in [-0.15, -0.1) is 0 Å². The van der Waals surface area contributed by atoms with Crippen LogP contribution in [0.15, 0.2) is 11.6 Å². The zero-order chi connectivity index (χ0) is 22.8. The van der Waals surface area contributed by atoms with Gasteiger partial charge in [-0.25, -0.2) is 0 Å². The molecule has 3 fully saturated rings. The van der Waals surface area contributed by atoms with Gasteiger partial charge in [-0.3, -0.25) is 0 Å². The Hall–Kier alpha value is -0.300. The van der Waals surface area contributed by atoms with E-state index in [1.54, 1.807) is 0 Å². The largest absolute Gasteiger partial charge is 0.393 e. The van der Waals surface area contributed by atoms with E-state index in [9.17, 15) is 5.11 Å². The van der Waals surface area contributed by atoms with E-state index in [1.807, 2.05) is 5.57 Å². The van der Waals surface area contributed by atoms with E-state index in [0.717, 1.165) is 30.1 Å². The van der Waals surface area contributed by atoms with Crippen LogP contribution in [0.5, 0.6) is 0 Å². The summed E-state index contributed by atoms with van der Waals surface area (Å²) in [5.74, 6) is 3.98. The number of rotatable bonds is 5. The van der Waals surface area contributed by atoms with Gasteiger partial charge < -0.3 is 5.11 Å².